The van der Waals surface area contributed by atoms with Gasteiger partial charge in [0.05, 0.1) is 6.20 Å². The van der Waals surface area contributed by atoms with E-state index in [-0.39, 0.29) is 17.9 Å². The molecule has 7 nitrogen and oxygen atoms in total. The second kappa shape index (κ2) is 8.76. The zero-order valence-corrected chi connectivity index (χ0v) is 20.1. The Bertz CT molecular complexity index is 1060. The van der Waals surface area contributed by atoms with E-state index in [1.807, 2.05) is 42.2 Å². The highest BCUT2D eigenvalue weighted by atomic mass is 35.5. The minimum atomic E-state index is -0.923. The molecule has 2 aliphatic heterocycles. The molecule has 3 heterocycles. The second-order valence-corrected chi connectivity index (χ2v) is 10.4. The highest BCUT2D eigenvalue weighted by molar-refractivity contribution is 6.31. The predicted octanol–water partition coefficient (Wildman–Crippen LogP) is 3.54. The SMILES string of the molecule is Cc1c(CN2CCC([C@@]3(Cc4ccccc4Cl)NC(=O)N(CC4CC4)C3=O)CC2)cnn1C. The van der Waals surface area contributed by atoms with Crippen molar-refractivity contribution in [2.24, 2.45) is 18.9 Å². The average molecular weight is 470 g/mol. The van der Waals surface area contributed by atoms with Gasteiger partial charge in [-0.1, -0.05) is 29.8 Å². The molecule has 3 amide bonds. The lowest BCUT2D eigenvalue weighted by Gasteiger charge is -2.41. The maximum absolute atomic E-state index is 13.8. The Kier molecular flexibility index (Phi) is 5.95. The van der Waals surface area contributed by atoms with Crippen LogP contribution in [-0.4, -0.2) is 56.7 Å². The number of imide groups is 1. The third-order valence-electron chi connectivity index (χ3n) is 7.78. The summed E-state index contributed by atoms with van der Waals surface area (Å²) in [4.78, 5) is 30.7. The number of benzene rings is 1. The molecule has 0 bridgehead atoms. The Hall–Kier alpha value is -2.38. The van der Waals surface area contributed by atoms with Crippen LogP contribution in [0.25, 0.3) is 0 Å². The molecule has 0 spiro atoms. The van der Waals surface area contributed by atoms with E-state index in [2.05, 4.69) is 22.2 Å². The molecule has 1 aliphatic carbocycles. The summed E-state index contributed by atoms with van der Waals surface area (Å²) >= 11 is 6.49. The summed E-state index contributed by atoms with van der Waals surface area (Å²) in [6.45, 7) is 5.26. The molecule has 176 valence electrons. The standard InChI is InChI=1S/C25H32ClN5O2/c1-17-20(14-27-29(17)2)16-30-11-9-21(10-12-30)25(13-19-5-3-4-6-22(19)26)23(32)31(24(33)28-25)15-18-7-8-18/h3-6,14,18,21H,7-13,15-16H2,1-2H3,(H,28,33)/t25-/m1/s1. The largest absolute Gasteiger partial charge is 0.325 e. The monoisotopic (exact) mass is 469 g/mol. The fourth-order valence-electron chi connectivity index (χ4n) is 5.38. The Morgan fingerprint density at radius 2 is 1.85 bits per heavy atom. The van der Waals surface area contributed by atoms with Crippen LogP contribution in [-0.2, 0) is 24.8 Å². The van der Waals surface area contributed by atoms with Crippen molar-refractivity contribution in [2.75, 3.05) is 19.6 Å². The maximum Gasteiger partial charge on any atom is 0.325 e. The van der Waals surface area contributed by atoms with Gasteiger partial charge < -0.3 is 5.32 Å². The van der Waals surface area contributed by atoms with Crippen molar-refractivity contribution in [1.82, 2.24) is 24.9 Å². The Labute approximate surface area is 200 Å². The smallest absolute Gasteiger partial charge is 0.322 e. The molecule has 8 heteroatoms. The zero-order chi connectivity index (χ0) is 23.2. The number of rotatable bonds is 7. The van der Waals surface area contributed by atoms with Crippen LogP contribution in [0.2, 0.25) is 5.02 Å². The lowest BCUT2D eigenvalue weighted by atomic mass is 9.73. The number of halogens is 1. The molecule has 3 aliphatic rings. The summed E-state index contributed by atoms with van der Waals surface area (Å²) in [7, 11) is 1.96. The molecule has 1 atom stereocenters. The summed E-state index contributed by atoms with van der Waals surface area (Å²) < 4.78 is 1.90. The van der Waals surface area contributed by atoms with Crippen molar-refractivity contribution in [3.05, 3.63) is 52.3 Å². The van der Waals surface area contributed by atoms with Crippen LogP contribution in [0.4, 0.5) is 4.79 Å². The van der Waals surface area contributed by atoms with Crippen molar-refractivity contribution >= 4 is 23.5 Å². The molecule has 3 fully saturated rings. The highest BCUT2D eigenvalue weighted by Crippen LogP contribution is 2.39. The molecule has 2 saturated heterocycles. The lowest BCUT2D eigenvalue weighted by molar-refractivity contribution is -0.134. The molecule has 1 aromatic heterocycles. The van der Waals surface area contributed by atoms with Crippen LogP contribution in [0.5, 0.6) is 0 Å². The first kappa shape index (κ1) is 22.4. The zero-order valence-electron chi connectivity index (χ0n) is 19.4. The van der Waals surface area contributed by atoms with E-state index in [9.17, 15) is 9.59 Å². The van der Waals surface area contributed by atoms with Gasteiger partial charge in [0.25, 0.3) is 5.91 Å². The number of nitrogens with zero attached hydrogens (tertiary/aromatic N) is 4. The topological polar surface area (TPSA) is 70.5 Å². The Morgan fingerprint density at radius 3 is 2.48 bits per heavy atom. The quantitative estimate of drug-likeness (QED) is 0.630. The fourth-order valence-corrected chi connectivity index (χ4v) is 5.58. The predicted molar refractivity (Wildman–Crippen MR) is 127 cm³/mol. The van der Waals surface area contributed by atoms with Crippen molar-refractivity contribution < 1.29 is 9.59 Å². The molecule has 0 radical (unpaired) electrons. The number of aryl methyl sites for hydroxylation is 1. The summed E-state index contributed by atoms with van der Waals surface area (Å²) in [5.74, 6) is 0.460. The van der Waals surface area contributed by atoms with Crippen molar-refractivity contribution in [3.63, 3.8) is 0 Å². The van der Waals surface area contributed by atoms with E-state index in [1.54, 1.807) is 0 Å². The Morgan fingerprint density at radius 1 is 1.12 bits per heavy atom. The first-order valence-electron chi connectivity index (χ1n) is 11.9. The van der Waals surface area contributed by atoms with Crippen molar-refractivity contribution in [3.8, 4) is 0 Å². The number of carbonyl (C=O) groups excluding carboxylic acids is 2. The van der Waals surface area contributed by atoms with Gasteiger partial charge in [0, 0.05) is 42.8 Å². The van der Waals surface area contributed by atoms with Crippen molar-refractivity contribution in [1.29, 1.82) is 0 Å². The minimum absolute atomic E-state index is 0.0686. The Balaban J connectivity index is 1.36. The van der Waals surface area contributed by atoms with Crippen LogP contribution < -0.4 is 5.32 Å². The number of piperidine rings is 1. The molecule has 2 aromatic rings. The number of aromatic nitrogens is 2. The second-order valence-electron chi connectivity index (χ2n) is 9.96. The summed E-state index contributed by atoms with van der Waals surface area (Å²) in [5.41, 5.74) is 2.41. The average Bonchev–Trinajstić information content (AvgIpc) is 3.54. The normalized spacial score (nSPS) is 24.5. The first-order valence-corrected chi connectivity index (χ1v) is 12.3. The number of amides is 3. The van der Waals surface area contributed by atoms with E-state index in [0.717, 1.165) is 50.9 Å². The van der Waals surface area contributed by atoms with E-state index in [4.69, 9.17) is 11.6 Å². The summed E-state index contributed by atoms with van der Waals surface area (Å²) in [6, 6.07) is 7.41. The van der Waals surface area contributed by atoms with E-state index < -0.39 is 5.54 Å². The molecular formula is C25H32ClN5O2. The lowest BCUT2D eigenvalue weighted by Crippen LogP contribution is -2.57. The first-order chi connectivity index (χ1) is 15.9. The number of carbonyl (C=O) groups is 2. The molecule has 1 saturated carbocycles. The molecule has 33 heavy (non-hydrogen) atoms. The van der Waals surface area contributed by atoms with Gasteiger partial charge in [0.15, 0.2) is 0 Å². The number of hydrogen-bond acceptors (Lipinski definition) is 4. The van der Waals surface area contributed by atoms with E-state index in [0.29, 0.717) is 23.9 Å². The third kappa shape index (κ3) is 4.28. The summed E-state index contributed by atoms with van der Waals surface area (Å²) in [5, 5.41) is 8.17. The molecule has 5 rings (SSSR count). The van der Waals surface area contributed by atoms with Gasteiger partial charge in [-0.2, -0.15) is 5.10 Å². The molecular weight excluding hydrogens is 438 g/mol. The number of likely N-dealkylation sites (tertiary alicyclic amines) is 1. The van der Waals surface area contributed by atoms with Crippen LogP contribution in [0.1, 0.15) is 42.5 Å². The van der Waals surface area contributed by atoms with Gasteiger partial charge in [-0.25, -0.2) is 4.79 Å². The summed E-state index contributed by atoms with van der Waals surface area (Å²) in [6.07, 6.45) is 6.28. The van der Waals surface area contributed by atoms with Gasteiger partial charge in [-0.05, 0) is 69.2 Å². The highest BCUT2D eigenvalue weighted by Gasteiger charge is 2.56. The molecule has 1 aromatic carbocycles. The minimum Gasteiger partial charge on any atom is -0.322 e. The fraction of sp³-hybridized carbons (Fsp3) is 0.560. The maximum atomic E-state index is 13.8. The van der Waals surface area contributed by atoms with Crippen LogP contribution in [0.3, 0.4) is 0 Å². The molecule has 1 N–H and O–H groups in total. The van der Waals surface area contributed by atoms with Crippen LogP contribution >= 0.6 is 11.6 Å². The molecule has 0 unspecified atom stereocenters. The van der Waals surface area contributed by atoms with Crippen LogP contribution in [0.15, 0.2) is 30.5 Å². The number of urea groups is 1. The van der Waals surface area contributed by atoms with E-state index >= 15 is 0 Å². The third-order valence-corrected chi connectivity index (χ3v) is 8.15. The number of hydrogen-bond donors (Lipinski definition) is 1. The van der Waals surface area contributed by atoms with E-state index in [1.165, 1.54) is 16.2 Å². The van der Waals surface area contributed by atoms with Gasteiger partial charge >= 0.3 is 6.03 Å². The van der Waals surface area contributed by atoms with Gasteiger partial charge in [-0.15, -0.1) is 0 Å². The van der Waals surface area contributed by atoms with Crippen LogP contribution in [0, 0.1) is 18.8 Å². The van der Waals surface area contributed by atoms with Crippen molar-refractivity contribution in [2.45, 2.75) is 51.1 Å². The van der Waals surface area contributed by atoms with Gasteiger partial charge in [0.2, 0.25) is 0 Å². The van der Waals surface area contributed by atoms with Gasteiger partial charge in [-0.3, -0.25) is 19.3 Å². The number of nitrogens with one attached hydrogen (secondary N) is 1. The van der Waals surface area contributed by atoms with Gasteiger partial charge in [0.1, 0.15) is 5.54 Å².